The summed E-state index contributed by atoms with van der Waals surface area (Å²) in [5.74, 6) is -0.429. The van der Waals surface area contributed by atoms with Crippen molar-refractivity contribution in [1.29, 1.82) is 0 Å². The van der Waals surface area contributed by atoms with E-state index in [9.17, 15) is 13.6 Å². The van der Waals surface area contributed by atoms with Gasteiger partial charge in [-0.25, -0.2) is 4.68 Å². The Bertz CT molecular complexity index is 1260. The lowest BCUT2D eigenvalue weighted by Crippen LogP contribution is -2.26. The number of hydrogen-bond acceptors (Lipinski definition) is 4. The zero-order valence-electron chi connectivity index (χ0n) is 18.7. The van der Waals surface area contributed by atoms with E-state index < -0.39 is 6.61 Å². The summed E-state index contributed by atoms with van der Waals surface area (Å²) in [6, 6.07) is 23.6. The van der Waals surface area contributed by atoms with Gasteiger partial charge in [-0.15, -0.1) is 0 Å². The van der Waals surface area contributed by atoms with Crippen molar-refractivity contribution in [2.75, 3.05) is 14.2 Å². The van der Waals surface area contributed by atoms with Gasteiger partial charge in [0.05, 0.1) is 18.5 Å². The summed E-state index contributed by atoms with van der Waals surface area (Å²) in [4.78, 5) is 14.6. The minimum absolute atomic E-state index is 0.120. The molecule has 174 valence electrons. The summed E-state index contributed by atoms with van der Waals surface area (Å²) in [6.07, 6.45) is 1.89. The number of ether oxygens (including phenoxy) is 2. The molecule has 1 aromatic heterocycles. The van der Waals surface area contributed by atoms with Crippen LogP contribution in [0.15, 0.2) is 85.1 Å². The van der Waals surface area contributed by atoms with Gasteiger partial charge in [-0.2, -0.15) is 13.9 Å². The molecule has 0 radical (unpaired) electrons. The van der Waals surface area contributed by atoms with E-state index in [2.05, 4.69) is 4.74 Å². The number of halogens is 2. The first kappa shape index (κ1) is 23.0. The third kappa shape index (κ3) is 5.06. The highest BCUT2D eigenvalue weighted by atomic mass is 19.3. The molecule has 0 N–H and O–H groups in total. The van der Waals surface area contributed by atoms with E-state index in [4.69, 9.17) is 9.84 Å². The zero-order chi connectivity index (χ0) is 24.1. The maximum absolute atomic E-state index is 13.1. The lowest BCUT2D eigenvalue weighted by molar-refractivity contribution is -0.0512. The highest BCUT2D eigenvalue weighted by molar-refractivity contribution is 5.94. The second kappa shape index (κ2) is 10.2. The van der Waals surface area contributed by atoms with Gasteiger partial charge in [0.25, 0.3) is 5.91 Å². The van der Waals surface area contributed by atoms with E-state index in [-0.39, 0.29) is 29.5 Å². The van der Waals surface area contributed by atoms with Crippen LogP contribution < -0.4 is 9.47 Å². The van der Waals surface area contributed by atoms with Crippen molar-refractivity contribution in [2.24, 2.45) is 0 Å². The summed E-state index contributed by atoms with van der Waals surface area (Å²) in [5.41, 5.74) is 3.61. The fourth-order valence-corrected chi connectivity index (χ4v) is 3.62. The van der Waals surface area contributed by atoms with E-state index >= 15 is 0 Å². The van der Waals surface area contributed by atoms with Gasteiger partial charge in [-0.05, 0) is 30.3 Å². The monoisotopic (exact) mass is 463 g/mol. The van der Waals surface area contributed by atoms with Crippen LogP contribution in [-0.2, 0) is 6.54 Å². The third-order valence-electron chi connectivity index (χ3n) is 5.24. The topological polar surface area (TPSA) is 56.6 Å². The lowest BCUT2D eigenvalue weighted by atomic mass is 10.1. The normalized spacial score (nSPS) is 10.9. The number of aromatic nitrogens is 2. The first-order valence-corrected chi connectivity index (χ1v) is 10.5. The first-order chi connectivity index (χ1) is 16.5. The van der Waals surface area contributed by atoms with E-state index in [0.29, 0.717) is 0 Å². The molecule has 0 aliphatic carbocycles. The van der Waals surface area contributed by atoms with Crippen molar-refractivity contribution in [3.63, 3.8) is 0 Å². The van der Waals surface area contributed by atoms with Crippen LogP contribution in [0.3, 0.4) is 0 Å². The second-order valence-electron chi connectivity index (χ2n) is 7.55. The Morgan fingerprint density at radius 2 is 1.68 bits per heavy atom. The number of carbonyl (C=O) groups excluding carboxylic acids is 1. The minimum Gasteiger partial charge on any atom is -0.493 e. The van der Waals surface area contributed by atoms with Crippen LogP contribution in [0.5, 0.6) is 11.5 Å². The molecular weight excluding hydrogens is 440 g/mol. The summed E-state index contributed by atoms with van der Waals surface area (Å²) in [6.45, 7) is -2.78. The molecule has 0 fully saturated rings. The molecule has 8 heteroatoms. The molecular formula is C26H23F2N3O3. The summed E-state index contributed by atoms with van der Waals surface area (Å²) in [7, 11) is 2.99. The SMILES string of the molecule is COc1ccc(C(=O)N(C)Cc2cn(-c3ccccc3)nc2-c2ccccc2)cc1OC(F)F. The second-order valence-corrected chi connectivity index (χ2v) is 7.55. The van der Waals surface area contributed by atoms with Crippen LogP contribution in [0.25, 0.3) is 16.9 Å². The van der Waals surface area contributed by atoms with Gasteiger partial charge >= 0.3 is 6.61 Å². The van der Waals surface area contributed by atoms with Gasteiger partial charge in [-0.3, -0.25) is 4.79 Å². The Hall–Kier alpha value is -4.20. The van der Waals surface area contributed by atoms with E-state index in [0.717, 1.165) is 22.5 Å². The predicted molar refractivity (Wildman–Crippen MR) is 124 cm³/mol. The molecule has 3 aromatic carbocycles. The smallest absolute Gasteiger partial charge is 0.387 e. The molecule has 6 nitrogen and oxygen atoms in total. The standard InChI is InChI=1S/C26H23F2N3O3/c1-30(25(32)19-13-14-22(33-2)23(15-19)34-26(27)28)16-20-17-31(21-11-7-4-8-12-21)29-24(20)18-9-5-3-6-10-18/h3-15,17,26H,16H2,1-2H3. The molecule has 4 aromatic rings. The van der Waals surface area contributed by atoms with Gasteiger partial charge in [0.1, 0.15) is 0 Å². The number of alkyl halides is 2. The summed E-state index contributed by atoms with van der Waals surface area (Å²) < 4.78 is 36.9. The average molecular weight is 463 g/mol. The van der Waals surface area contributed by atoms with E-state index in [1.165, 1.54) is 30.2 Å². The fourth-order valence-electron chi connectivity index (χ4n) is 3.62. The van der Waals surface area contributed by atoms with Gasteiger partial charge in [0, 0.05) is 36.5 Å². The molecule has 0 bridgehead atoms. The molecule has 4 rings (SSSR count). The van der Waals surface area contributed by atoms with Crippen LogP contribution in [0.1, 0.15) is 15.9 Å². The molecule has 0 atom stereocenters. The number of hydrogen-bond donors (Lipinski definition) is 0. The highest BCUT2D eigenvalue weighted by Gasteiger charge is 2.20. The maximum Gasteiger partial charge on any atom is 0.387 e. The van der Waals surface area contributed by atoms with Gasteiger partial charge < -0.3 is 14.4 Å². The number of amides is 1. The molecule has 0 aliphatic rings. The zero-order valence-corrected chi connectivity index (χ0v) is 18.7. The van der Waals surface area contributed by atoms with Crippen molar-refractivity contribution in [2.45, 2.75) is 13.2 Å². The molecule has 0 saturated heterocycles. The Morgan fingerprint density at radius 3 is 2.32 bits per heavy atom. The van der Waals surface area contributed by atoms with Crippen LogP contribution in [-0.4, -0.2) is 41.4 Å². The Labute approximate surface area is 196 Å². The van der Waals surface area contributed by atoms with Gasteiger partial charge in [0.15, 0.2) is 11.5 Å². The molecule has 0 saturated carbocycles. The molecule has 0 aliphatic heterocycles. The van der Waals surface area contributed by atoms with Crippen molar-refractivity contribution >= 4 is 5.91 Å². The number of benzene rings is 3. The average Bonchev–Trinajstić information content (AvgIpc) is 3.28. The van der Waals surface area contributed by atoms with Crippen LogP contribution in [0, 0.1) is 0 Å². The first-order valence-electron chi connectivity index (χ1n) is 10.5. The number of rotatable bonds is 8. The molecule has 34 heavy (non-hydrogen) atoms. The molecule has 1 amide bonds. The molecule has 0 spiro atoms. The van der Waals surface area contributed by atoms with Gasteiger partial charge in [-0.1, -0.05) is 48.5 Å². The summed E-state index contributed by atoms with van der Waals surface area (Å²) in [5, 5.41) is 4.76. The van der Waals surface area contributed by atoms with Gasteiger partial charge in [0.2, 0.25) is 0 Å². The number of para-hydroxylation sites is 1. The number of nitrogens with zero attached hydrogens (tertiary/aromatic N) is 3. The quantitative estimate of drug-likeness (QED) is 0.350. The largest absolute Gasteiger partial charge is 0.493 e. The van der Waals surface area contributed by atoms with Crippen LogP contribution in [0.4, 0.5) is 8.78 Å². The fraction of sp³-hybridized carbons (Fsp3) is 0.154. The summed E-state index contributed by atoms with van der Waals surface area (Å²) >= 11 is 0. The van der Waals surface area contributed by atoms with Crippen molar-refractivity contribution in [3.05, 3.63) is 96.2 Å². The maximum atomic E-state index is 13.1. The van der Waals surface area contributed by atoms with E-state index in [1.807, 2.05) is 66.9 Å². The Morgan fingerprint density at radius 1 is 1.00 bits per heavy atom. The highest BCUT2D eigenvalue weighted by Crippen LogP contribution is 2.30. The molecule has 1 heterocycles. The van der Waals surface area contributed by atoms with E-state index in [1.54, 1.807) is 11.7 Å². The van der Waals surface area contributed by atoms with Crippen molar-refractivity contribution in [3.8, 4) is 28.4 Å². The predicted octanol–water partition coefficient (Wildman–Crippen LogP) is 5.42. The van der Waals surface area contributed by atoms with Crippen molar-refractivity contribution in [1.82, 2.24) is 14.7 Å². The molecule has 0 unspecified atom stereocenters. The number of carbonyl (C=O) groups is 1. The van der Waals surface area contributed by atoms with Crippen molar-refractivity contribution < 1.29 is 23.0 Å². The minimum atomic E-state index is -3.03. The lowest BCUT2D eigenvalue weighted by Gasteiger charge is -2.18. The Balaban J connectivity index is 1.64. The third-order valence-corrected chi connectivity index (χ3v) is 5.24. The Kier molecular flexibility index (Phi) is 6.87. The van der Waals surface area contributed by atoms with Crippen LogP contribution in [0.2, 0.25) is 0 Å². The van der Waals surface area contributed by atoms with Crippen LogP contribution >= 0.6 is 0 Å². The number of methoxy groups -OCH3 is 1.